The van der Waals surface area contributed by atoms with E-state index in [1.165, 1.54) is 26.4 Å². The minimum absolute atomic E-state index is 0. The van der Waals surface area contributed by atoms with Crippen LogP contribution in [0.1, 0.15) is 19.3 Å². The van der Waals surface area contributed by atoms with E-state index in [9.17, 15) is 13.2 Å². The molecule has 3 aromatic carbocycles. The maximum absolute atomic E-state index is 13.5. The molecule has 0 aliphatic carbocycles. The smallest absolute Gasteiger partial charge is 0.263 e. The van der Waals surface area contributed by atoms with E-state index in [1.54, 1.807) is 48.5 Å². The molecule has 2 heterocycles. The zero-order chi connectivity index (χ0) is 28.1. The lowest BCUT2D eigenvalue weighted by Crippen LogP contribution is -2.27. The topological polar surface area (TPSA) is 144 Å². The molecule has 1 atom stereocenters. The van der Waals surface area contributed by atoms with Crippen LogP contribution in [0.25, 0.3) is 11.0 Å². The third-order valence-corrected chi connectivity index (χ3v) is 7.77. The maximum Gasteiger partial charge on any atom is 0.263 e. The van der Waals surface area contributed by atoms with E-state index >= 15 is 0 Å². The number of para-hydroxylation sites is 2. The van der Waals surface area contributed by atoms with Gasteiger partial charge in [0.25, 0.3) is 10.0 Å². The standard InChI is InChI=1S/C28H30N6O5S.ClH/c1-38-21-13-20(14-22(17-21)39-2)31-27-28(33-25-11-4-3-10-24(25)32-27)34-40(36,37)23-9-5-7-19(15-23)30-26(35)16-18-8-6-12-29-18;/h3-5,7,9-11,13-15,17-18,29H,6,8,12,16H2,1-2H3,(H,30,35)(H,31,32)(H,33,34);1H/t18-;/m0./s1. The number of ether oxygens (including phenoxy) is 2. The van der Waals surface area contributed by atoms with Gasteiger partial charge in [0.05, 0.1) is 30.1 Å². The Kier molecular flexibility index (Phi) is 9.48. The fourth-order valence-corrected chi connectivity index (χ4v) is 5.52. The van der Waals surface area contributed by atoms with Crippen LogP contribution in [0.4, 0.5) is 23.0 Å². The van der Waals surface area contributed by atoms with Crippen molar-refractivity contribution < 1.29 is 22.7 Å². The van der Waals surface area contributed by atoms with Gasteiger partial charge in [0.2, 0.25) is 5.91 Å². The van der Waals surface area contributed by atoms with Crippen LogP contribution in [0.2, 0.25) is 0 Å². The van der Waals surface area contributed by atoms with Gasteiger partial charge in [-0.25, -0.2) is 18.4 Å². The van der Waals surface area contributed by atoms with Gasteiger partial charge in [-0.3, -0.25) is 9.52 Å². The fourth-order valence-electron chi connectivity index (χ4n) is 4.47. The first-order valence-electron chi connectivity index (χ1n) is 12.8. The van der Waals surface area contributed by atoms with Gasteiger partial charge in [-0.2, -0.15) is 0 Å². The van der Waals surface area contributed by atoms with Crippen molar-refractivity contribution in [3.63, 3.8) is 0 Å². The number of aromatic nitrogens is 2. The molecular formula is C28H31ClN6O5S. The van der Waals surface area contributed by atoms with Crippen LogP contribution in [0.5, 0.6) is 11.5 Å². The number of nitrogens with zero attached hydrogens (tertiary/aromatic N) is 2. The SMILES string of the molecule is COc1cc(Nc2nc3ccccc3nc2NS(=O)(=O)c2cccc(NC(=O)C[C@@H]3CCCN3)c2)cc(OC)c1.Cl. The number of fused-ring (bicyclic) bond motifs is 1. The van der Waals surface area contributed by atoms with Gasteiger partial charge in [-0.05, 0) is 49.7 Å². The number of rotatable bonds is 10. The van der Waals surface area contributed by atoms with E-state index in [1.807, 2.05) is 6.07 Å². The average Bonchev–Trinajstić information content (AvgIpc) is 3.46. The molecule has 1 fully saturated rings. The van der Waals surface area contributed by atoms with Crippen LogP contribution in [-0.4, -0.2) is 51.1 Å². The van der Waals surface area contributed by atoms with E-state index in [0.717, 1.165) is 19.4 Å². The number of carbonyl (C=O) groups excluding carboxylic acids is 1. The quantitative estimate of drug-likeness (QED) is 0.204. The van der Waals surface area contributed by atoms with Gasteiger partial charge in [-0.1, -0.05) is 18.2 Å². The molecule has 41 heavy (non-hydrogen) atoms. The predicted octanol–water partition coefficient (Wildman–Crippen LogP) is 4.69. The second kappa shape index (κ2) is 13.0. The molecule has 4 N–H and O–H groups in total. The number of halogens is 1. The molecule has 1 aliphatic rings. The summed E-state index contributed by atoms with van der Waals surface area (Å²) in [5, 5.41) is 9.22. The number of amides is 1. The minimum atomic E-state index is -4.11. The van der Waals surface area contributed by atoms with Crippen LogP contribution < -0.4 is 30.1 Å². The van der Waals surface area contributed by atoms with Gasteiger partial charge >= 0.3 is 0 Å². The first kappa shape index (κ1) is 29.8. The fraction of sp³-hybridized carbons (Fsp3) is 0.250. The molecule has 5 rings (SSSR count). The van der Waals surface area contributed by atoms with E-state index in [4.69, 9.17) is 9.47 Å². The second-order valence-electron chi connectivity index (χ2n) is 9.31. The number of hydrogen-bond acceptors (Lipinski definition) is 9. The van der Waals surface area contributed by atoms with Crippen molar-refractivity contribution in [3.05, 3.63) is 66.7 Å². The van der Waals surface area contributed by atoms with Crippen LogP contribution >= 0.6 is 12.4 Å². The Morgan fingerprint density at radius 2 is 1.61 bits per heavy atom. The Labute approximate surface area is 244 Å². The summed E-state index contributed by atoms with van der Waals surface area (Å²) < 4.78 is 40.2. The van der Waals surface area contributed by atoms with Gasteiger partial charge in [0, 0.05) is 42.0 Å². The molecule has 0 unspecified atom stereocenters. The summed E-state index contributed by atoms with van der Waals surface area (Å²) >= 11 is 0. The Morgan fingerprint density at radius 3 is 2.24 bits per heavy atom. The minimum Gasteiger partial charge on any atom is -0.497 e. The molecule has 0 radical (unpaired) electrons. The summed E-state index contributed by atoms with van der Waals surface area (Å²) in [6.07, 6.45) is 2.31. The Balaban J connectivity index is 0.00000387. The number of anilines is 4. The number of methoxy groups -OCH3 is 2. The maximum atomic E-state index is 13.5. The largest absolute Gasteiger partial charge is 0.497 e. The lowest BCUT2D eigenvalue weighted by atomic mass is 10.1. The summed E-state index contributed by atoms with van der Waals surface area (Å²) in [5.74, 6) is 1.09. The third-order valence-electron chi connectivity index (χ3n) is 6.44. The summed E-state index contributed by atoms with van der Waals surface area (Å²) in [4.78, 5) is 21.6. The number of benzene rings is 3. The van der Waals surface area contributed by atoms with E-state index < -0.39 is 10.0 Å². The van der Waals surface area contributed by atoms with Crippen LogP contribution in [0.15, 0.2) is 71.6 Å². The number of sulfonamides is 1. The summed E-state index contributed by atoms with van der Waals surface area (Å²) in [6, 6.07) is 18.5. The van der Waals surface area contributed by atoms with Crippen molar-refractivity contribution in [2.75, 3.05) is 36.1 Å². The summed E-state index contributed by atoms with van der Waals surface area (Å²) in [5.41, 5.74) is 2.03. The second-order valence-corrected chi connectivity index (χ2v) is 11.0. The van der Waals surface area contributed by atoms with Crippen molar-refractivity contribution in [1.29, 1.82) is 0 Å². The Bertz CT molecular complexity index is 1620. The van der Waals surface area contributed by atoms with E-state index in [0.29, 0.717) is 40.3 Å². The molecular weight excluding hydrogens is 568 g/mol. The molecule has 4 aromatic rings. The van der Waals surface area contributed by atoms with Crippen LogP contribution in [0.3, 0.4) is 0 Å². The van der Waals surface area contributed by atoms with Crippen LogP contribution in [-0.2, 0) is 14.8 Å². The van der Waals surface area contributed by atoms with E-state index in [-0.39, 0.29) is 40.9 Å². The molecule has 0 bridgehead atoms. The molecule has 11 nitrogen and oxygen atoms in total. The van der Waals surface area contributed by atoms with Gasteiger partial charge < -0.3 is 25.4 Å². The van der Waals surface area contributed by atoms with Crippen molar-refractivity contribution in [3.8, 4) is 11.5 Å². The van der Waals surface area contributed by atoms with E-state index in [2.05, 4.69) is 30.6 Å². The molecule has 13 heteroatoms. The zero-order valence-corrected chi connectivity index (χ0v) is 24.1. The van der Waals surface area contributed by atoms with Gasteiger partial charge in [-0.15, -0.1) is 12.4 Å². The van der Waals surface area contributed by atoms with Crippen molar-refractivity contribution in [2.45, 2.75) is 30.2 Å². The number of carbonyl (C=O) groups is 1. The Hall–Kier alpha value is -4.13. The predicted molar refractivity (Wildman–Crippen MR) is 161 cm³/mol. The van der Waals surface area contributed by atoms with Gasteiger partial charge in [0.1, 0.15) is 11.5 Å². The molecule has 1 aromatic heterocycles. The number of hydrogen-bond donors (Lipinski definition) is 4. The normalized spacial score (nSPS) is 14.6. The van der Waals surface area contributed by atoms with Crippen LogP contribution in [0, 0.1) is 0 Å². The van der Waals surface area contributed by atoms with Crippen molar-refractivity contribution >= 4 is 62.4 Å². The highest BCUT2D eigenvalue weighted by atomic mass is 35.5. The van der Waals surface area contributed by atoms with Gasteiger partial charge in [0.15, 0.2) is 11.6 Å². The highest BCUT2D eigenvalue weighted by Gasteiger charge is 2.21. The lowest BCUT2D eigenvalue weighted by molar-refractivity contribution is -0.116. The zero-order valence-electron chi connectivity index (χ0n) is 22.5. The molecule has 1 aliphatic heterocycles. The first-order valence-corrected chi connectivity index (χ1v) is 14.2. The molecule has 0 saturated carbocycles. The summed E-state index contributed by atoms with van der Waals surface area (Å²) in [6.45, 7) is 0.900. The van der Waals surface area contributed by atoms with Crippen molar-refractivity contribution in [1.82, 2.24) is 15.3 Å². The molecule has 216 valence electrons. The summed E-state index contributed by atoms with van der Waals surface area (Å²) in [7, 11) is -1.03. The molecule has 1 saturated heterocycles. The van der Waals surface area contributed by atoms with Crippen molar-refractivity contribution in [2.24, 2.45) is 0 Å². The monoisotopic (exact) mass is 598 g/mol. The highest BCUT2D eigenvalue weighted by Crippen LogP contribution is 2.31. The Morgan fingerprint density at radius 1 is 0.927 bits per heavy atom. The lowest BCUT2D eigenvalue weighted by Gasteiger charge is -2.15. The number of nitrogens with one attached hydrogen (secondary N) is 4. The molecule has 0 spiro atoms. The highest BCUT2D eigenvalue weighted by molar-refractivity contribution is 7.92. The third kappa shape index (κ3) is 7.34. The average molecular weight is 599 g/mol. The molecule has 1 amide bonds. The first-order chi connectivity index (χ1) is 19.3.